The van der Waals surface area contributed by atoms with Crippen LogP contribution in [0.5, 0.6) is 0 Å². The second kappa shape index (κ2) is 6.34. The Labute approximate surface area is 127 Å². The van der Waals surface area contributed by atoms with E-state index in [0.29, 0.717) is 6.42 Å². The van der Waals surface area contributed by atoms with Gasteiger partial charge >= 0.3 is 11.9 Å². The molecule has 1 rings (SSSR count). The molecule has 0 saturated carbocycles. The molecule has 0 aliphatic heterocycles. The van der Waals surface area contributed by atoms with E-state index in [2.05, 4.69) is 5.32 Å². The first-order chi connectivity index (χ1) is 10.0. The first-order valence-electron chi connectivity index (χ1n) is 5.99. The minimum atomic E-state index is -5.02. The van der Waals surface area contributed by atoms with E-state index in [-0.39, 0.29) is 6.07 Å². The summed E-state index contributed by atoms with van der Waals surface area (Å²) in [6.07, 6.45) is -4.64. The van der Waals surface area contributed by atoms with E-state index in [1.54, 1.807) is 6.92 Å². The quantitative estimate of drug-likeness (QED) is 0.632. The summed E-state index contributed by atoms with van der Waals surface area (Å²) in [5.74, 6) is 0. The molecule has 1 aromatic rings. The van der Waals surface area contributed by atoms with Gasteiger partial charge in [0.25, 0.3) is 5.69 Å². The maximum absolute atomic E-state index is 13.1. The Morgan fingerprint density at radius 2 is 1.86 bits per heavy atom. The number of nitro benzene ring substituents is 2. The summed E-state index contributed by atoms with van der Waals surface area (Å²) in [5, 5.41) is 23.2. The van der Waals surface area contributed by atoms with Crippen LogP contribution < -0.4 is 5.32 Å². The van der Waals surface area contributed by atoms with Crippen LogP contribution in [-0.4, -0.2) is 15.9 Å². The Bertz CT molecular complexity index is 622. The average Bonchev–Trinajstić information content (AvgIpc) is 2.36. The topological polar surface area (TPSA) is 98.3 Å². The van der Waals surface area contributed by atoms with E-state index < -0.39 is 49.7 Å². The molecule has 0 fully saturated rings. The van der Waals surface area contributed by atoms with E-state index >= 15 is 0 Å². The molecule has 0 aromatic heterocycles. The van der Waals surface area contributed by atoms with Gasteiger partial charge in [0.15, 0.2) is 5.02 Å². The molecular weight excluding hydrogens is 331 g/mol. The Morgan fingerprint density at radius 1 is 1.32 bits per heavy atom. The number of nitrogens with one attached hydrogen (secondary N) is 1. The molecule has 11 heteroatoms. The standard InChI is InChI=1S/C11H11ClF3N3O4/c1-3-5(2)16-9-6(11(13,14)15)4-7(17(19)20)8(12)10(9)18(21)22/h4-5,16H,3H2,1-2H3. The Hall–Kier alpha value is -2.10. The number of rotatable bonds is 5. The maximum Gasteiger partial charge on any atom is 0.418 e. The number of benzene rings is 1. The second-order valence-electron chi connectivity index (χ2n) is 4.45. The van der Waals surface area contributed by atoms with Crippen molar-refractivity contribution in [1.29, 1.82) is 0 Å². The lowest BCUT2D eigenvalue weighted by Crippen LogP contribution is -2.20. The van der Waals surface area contributed by atoms with Crippen molar-refractivity contribution in [3.05, 3.63) is 36.9 Å². The number of hydrogen-bond acceptors (Lipinski definition) is 5. The van der Waals surface area contributed by atoms with Gasteiger partial charge in [-0.2, -0.15) is 13.2 Å². The minimum absolute atomic E-state index is 0.194. The van der Waals surface area contributed by atoms with E-state index in [0.717, 1.165) is 0 Å². The van der Waals surface area contributed by atoms with Crippen LogP contribution in [0.15, 0.2) is 6.07 Å². The zero-order valence-corrected chi connectivity index (χ0v) is 12.2. The first-order valence-corrected chi connectivity index (χ1v) is 6.37. The third-order valence-electron chi connectivity index (χ3n) is 2.91. The van der Waals surface area contributed by atoms with Crippen molar-refractivity contribution in [1.82, 2.24) is 0 Å². The smallest absolute Gasteiger partial charge is 0.376 e. The molecule has 0 aliphatic carbocycles. The molecule has 0 saturated heterocycles. The summed E-state index contributed by atoms with van der Waals surface area (Å²) in [6.45, 7) is 3.17. The summed E-state index contributed by atoms with van der Waals surface area (Å²) in [6, 6.07) is -0.336. The molecular formula is C11H11ClF3N3O4. The molecule has 22 heavy (non-hydrogen) atoms. The van der Waals surface area contributed by atoms with E-state index in [4.69, 9.17) is 11.6 Å². The van der Waals surface area contributed by atoms with Gasteiger partial charge in [0.2, 0.25) is 0 Å². The Morgan fingerprint density at radius 3 is 2.23 bits per heavy atom. The molecule has 0 heterocycles. The molecule has 1 N–H and O–H groups in total. The van der Waals surface area contributed by atoms with Crippen LogP contribution in [0.1, 0.15) is 25.8 Å². The molecule has 0 aliphatic rings. The van der Waals surface area contributed by atoms with Crippen molar-refractivity contribution in [2.75, 3.05) is 5.32 Å². The second-order valence-corrected chi connectivity index (χ2v) is 4.82. The van der Waals surface area contributed by atoms with Gasteiger partial charge in [-0.25, -0.2) is 0 Å². The predicted octanol–water partition coefficient (Wildman–Crippen LogP) is 4.39. The van der Waals surface area contributed by atoms with E-state index in [1.807, 2.05) is 0 Å². The highest BCUT2D eigenvalue weighted by Gasteiger charge is 2.42. The third kappa shape index (κ3) is 3.56. The van der Waals surface area contributed by atoms with Crippen LogP contribution in [-0.2, 0) is 6.18 Å². The monoisotopic (exact) mass is 341 g/mol. The number of nitrogens with zero attached hydrogens (tertiary/aromatic N) is 2. The van der Waals surface area contributed by atoms with Gasteiger partial charge in [0.1, 0.15) is 5.69 Å². The molecule has 0 bridgehead atoms. The number of anilines is 1. The molecule has 1 unspecified atom stereocenters. The van der Waals surface area contributed by atoms with E-state index in [9.17, 15) is 33.4 Å². The van der Waals surface area contributed by atoms with Crippen molar-refractivity contribution < 1.29 is 23.0 Å². The SMILES string of the molecule is CCC(C)Nc1c(C(F)(F)F)cc([N+](=O)[O-])c(Cl)c1[N+](=O)[O-]. The van der Waals surface area contributed by atoms with Crippen molar-refractivity contribution in [3.8, 4) is 0 Å². The van der Waals surface area contributed by atoms with Gasteiger partial charge in [0, 0.05) is 12.1 Å². The highest BCUT2D eigenvalue weighted by Crippen LogP contribution is 2.47. The fourth-order valence-corrected chi connectivity index (χ4v) is 1.94. The van der Waals surface area contributed by atoms with Gasteiger partial charge in [-0.3, -0.25) is 20.2 Å². The molecule has 122 valence electrons. The third-order valence-corrected chi connectivity index (χ3v) is 3.28. The largest absolute Gasteiger partial charge is 0.418 e. The highest BCUT2D eigenvalue weighted by molar-refractivity contribution is 6.35. The summed E-state index contributed by atoms with van der Waals surface area (Å²) < 4.78 is 39.3. The van der Waals surface area contributed by atoms with Crippen LogP contribution in [0.3, 0.4) is 0 Å². The molecule has 7 nitrogen and oxygen atoms in total. The van der Waals surface area contributed by atoms with Crippen LogP contribution in [0.4, 0.5) is 30.2 Å². The van der Waals surface area contributed by atoms with Crippen molar-refractivity contribution in [2.45, 2.75) is 32.5 Å². The van der Waals surface area contributed by atoms with Gasteiger partial charge in [-0.05, 0) is 13.3 Å². The van der Waals surface area contributed by atoms with Crippen LogP contribution in [0, 0.1) is 20.2 Å². The number of nitro groups is 2. The highest BCUT2D eigenvalue weighted by atomic mass is 35.5. The maximum atomic E-state index is 13.1. The lowest BCUT2D eigenvalue weighted by atomic mass is 10.1. The lowest BCUT2D eigenvalue weighted by molar-refractivity contribution is -0.393. The fourth-order valence-electron chi connectivity index (χ4n) is 1.65. The number of halogens is 4. The summed E-state index contributed by atoms with van der Waals surface area (Å²) in [5.41, 5.74) is -4.71. The van der Waals surface area contributed by atoms with Crippen molar-refractivity contribution >= 4 is 28.7 Å². The fraction of sp³-hybridized carbons (Fsp3) is 0.455. The van der Waals surface area contributed by atoms with Gasteiger partial charge in [-0.15, -0.1) is 0 Å². The van der Waals surface area contributed by atoms with Gasteiger partial charge in [-0.1, -0.05) is 18.5 Å². The zero-order valence-electron chi connectivity index (χ0n) is 11.4. The van der Waals surface area contributed by atoms with Gasteiger partial charge in [0.05, 0.1) is 15.4 Å². The van der Waals surface area contributed by atoms with Gasteiger partial charge < -0.3 is 5.32 Å². The summed E-state index contributed by atoms with van der Waals surface area (Å²) in [4.78, 5) is 19.5. The lowest BCUT2D eigenvalue weighted by Gasteiger charge is -2.18. The first kappa shape index (κ1) is 18.0. The molecule has 0 radical (unpaired) electrons. The van der Waals surface area contributed by atoms with Crippen LogP contribution >= 0.6 is 11.6 Å². The number of alkyl halides is 3. The van der Waals surface area contributed by atoms with Crippen molar-refractivity contribution in [2.24, 2.45) is 0 Å². The van der Waals surface area contributed by atoms with Crippen LogP contribution in [0.2, 0.25) is 5.02 Å². The minimum Gasteiger partial charge on any atom is -0.376 e. The van der Waals surface area contributed by atoms with Crippen molar-refractivity contribution in [3.63, 3.8) is 0 Å². The van der Waals surface area contributed by atoms with E-state index in [1.165, 1.54) is 6.92 Å². The molecule has 1 atom stereocenters. The van der Waals surface area contributed by atoms with Crippen LogP contribution in [0.25, 0.3) is 0 Å². The Balaban J connectivity index is 3.79. The molecule has 1 aromatic carbocycles. The zero-order chi connectivity index (χ0) is 17.2. The normalized spacial score (nSPS) is 12.8. The predicted molar refractivity (Wildman–Crippen MR) is 73.1 cm³/mol. The number of hydrogen-bond donors (Lipinski definition) is 1. The average molecular weight is 342 g/mol. The Kier molecular flexibility index (Phi) is 5.17. The summed E-state index contributed by atoms with van der Waals surface area (Å²) >= 11 is 5.56. The molecule has 0 amide bonds. The molecule has 0 spiro atoms. The summed E-state index contributed by atoms with van der Waals surface area (Å²) in [7, 11) is 0.